The molecule has 1 heterocycles. The maximum atomic E-state index is 12.1. The van der Waals surface area contributed by atoms with E-state index < -0.39 is 9.73 Å². The first-order chi connectivity index (χ1) is 12.2. The highest BCUT2D eigenvalue weighted by Crippen LogP contribution is 2.32. The molecule has 0 aliphatic heterocycles. The molecule has 0 saturated carbocycles. The van der Waals surface area contributed by atoms with Gasteiger partial charge in [0.1, 0.15) is 11.5 Å². The molecule has 2 N–H and O–H groups in total. The van der Waals surface area contributed by atoms with Crippen LogP contribution in [0.25, 0.3) is 0 Å². The van der Waals surface area contributed by atoms with Crippen LogP contribution in [0.2, 0.25) is 5.02 Å². The van der Waals surface area contributed by atoms with Crippen molar-refractivity contribution in [2.75, 3.05) is 27.0 Å². The molecule has 6 nitrogen and oxygen atoms in total. The van der Waals surface area contributed by atoms with Gasteiger partial charge < -0.3 is 14.8 Å². The summed E-state index contributed by atoms with van der Waals surface area (Å²) in [5.74, 6) is 1.04. The molecule has 0 aliphatic rings. The first-order valence-corrected chi connectivity index (χ1v) is 10.4. The number of nitrogens with zero attached hydrogens (tertiary/aromatic N) is 1. The Hall–Kier alpha value is -1.83. The maximum absolute atomic E-state index is 12.1. The van der Waals surface area contributed by atoms with E-state index in [0.717, 1.165) is 17.0 Å². The van der Waals surface area contributed by atoms with Crippen molar-refractivity contribution in [1.29, 1.82) is 4.78 Å². The van der Waals surface area contributed by atoms with Gasteiger partial charge >= 0.3 is 0 Å². The van der Waals surface area contributed by atoms with Gasteiger partial charge in [-0.1, -0.05) is 11.6 Å². The molecule has 0 bridgehead atoms. The van der Waals surface area contributed by atoms with Crippen LogP contribution in [0.1, 0.15) is 17.0 Å². The summed E-state index contributed by atoms with van der Waals surface area (Å²) < 4.78 is 30.7. The van der Waals surface area contributed by atoms with E-state index in [0.29, 0.717) is 40.9 Å². The Balaban J connectivity index is 2.09. The number of rotatable bonds is 8. The van der Waals surface area contributed by atoms with E-state index in [1.807, 2.05) is 19.1 Å². The fraction of sp³-hybridized carbons (Fsp3) is 0.389. The molecular formula is C18H24ClN3O3S. The Morgan fingerprint density at radius 2 is 1.88 bits per heavy atom. The van der Waals surface area contributed by atoms with Crippen molar-refractivity contribution >= 4 is 21.3 Å². The maximum Gasteiger partial charge on any atom is 0.136 e. The van der Waals surface area contributed by atoms with Crippen LogP contribution in [0, 0.1) is 11.7 Å². The lowest BCUT2D eigenvalue weighted by atomic mass is 10.1. The topological polar surface area (TPSA) is 84.3 Å². The molecular weight excluding hydrogens is 374 g/mol. The molecule has 0 radical (unpaired) electrons. The van der Waals surface area contributed by atoms with E-state index in [2.05, 4.69) is 10.3 Å². The van der Waals surface area contributed by atoms with Gasteiger partial charge in [0.2, 0.25) is 0 Å². The summed E-state index contributed by atoms with van der Waals surface area (Å²) in [7, 11) is 0.158. The van der Waals surface area contributed by atoms with E-state index in [1.165, 1.54) is 13.4 Å². The third-order valence-corrected chi connectivity index (χ3v) is 5.21. The van der Waals surface area contributed by atoms with Gasteiger partial charge in [-0.05, 0) is 43.7 Å². The Morgan fingerprint density at radius 3 is 2.46 bits per heavy atom. The molecule has 0 amide bonds. The highest BCUT2D eigenvalue weighted by molar-refractivity contribution is 7.91. The number of hydrogen-bond acceptors (Lipinski definition) is 6. The van der Waals surface area contributed by atoms with Crippen molar-refractivity contribution < 1.29 is 13.7 Å². The summed E-state index contributed by atoms with van der Waals surface area (Å²) in [4.78, 5) is 4.77. The van der Waals surface area contributed by atoms with Crippen LogP contribution in [-0.2, 0) is 22.7 Å². The summed E-state index contributed by atoms with van der Waals surface area (Å²) in [6.45, 7) is 3.20. The van der Waals surface area contributed by atoms with Crippen LogP contribution in [-0.4, -0.2) is 36.2 Å². The number of aromatic nitrogens is 1. The minimum absolute atomic E-state index is 0.340. The number of pyridine rings is 1. The summed E-state index contributed by atoms with van der Waals surface area (Å²) in [5.41, 5.74) is 2.68. The van der Waals surface area contributed by atoms with Crippen LogP contribution < -0.4 is 14.8 Å². The Morgan fingerprint density at radius 1 is 1.19 bits per heavy atom. The smallest absolute Gasteiger partial charge is 0.136 e. The Labute approximate surface area is 159 Å². The van der Waals surface area contributed by atoms with Gasteiger partial charge in [0, 0.05) is 29.6 Å². The van der Waals surface area contributed by atoms with Gasteiger partial charge in [-0.3, -0.25) is 4.98 Å². The highest BCUT2D eigenvalue weighted by atomic mass is 35.5. The molecule has 142 valence electrons. The van der Waals surface area contributed by atoms with Gasteiger partial charge in [0.25, 0.3) is 0 Å². The van der Waals surface area contributed by atoms with Crippen molar-refractivity contribution in [3.05, 3.63) is 46.2 Å². The van der Waals surface area contributed by atoms with Crippen LogP contribution >= 0.6 is 11.6 Å². The van der Waals surface area contributed by atoms with Crippen molar-refractivity contribution in [2.24, 2.45) is 0 Å². The second kappa shape index (κ2) is 8.70. The number of benzene rings is 1. The standard InChI is InChI=1S/C18H24ClN3O3S/c1-12-7-14(19)9-15(22-12)11-21-6-5-13-8-17(25-3)18(26(4,20)23)10-16(13)24-2/h7-10,20-21H,5-6,11H2,1-4H3. The van der Waals surface area contributed by atoms with Crippen molar-refractivity contribution in [3.63, 3.8) is 0 Å². The molecule has 1 atom stereocenters. The Kier molecular flexibility index (Phi) is 6.86. The minimum atomic E-state index is -2.91. The second-order valence-electron chi connectivity index (χ2n) is 6.00. The fourth-order valence-corrected chi connectivity index (χ4v) is 3.80. The SMILES string of the molecule is COc1cc(S(C)(=N)=O)c(OC)cc1CCNCc1cc(Cl)cc(C)n1. The van der Waals surface area contributed by atoms with E-state index in [9.17, 15) is 4.21 Å². The fourth-order valence-electron chi connectivity index (χ4n) is 2.65. The number of halogens is 1. The molecule has 2 rings (SSSR count). The molecule has 0 saturated heterocycles. The third-order valence-electron chi connectivity index (χ3n) is 3.83. The van der Waals surface area contributed by atoms with E-state index in [1.54, 1.807) is 19.2 Å². The lowest BCUT2D eigenvalue weighted by Crippen LogP contribution is -2.18. The lowest BCUT2D eigenvalue weighted by Gasteiger charge is -2.15. The van der Waals surface area contributed by atoms with Gasteiger partial charge in [0.05, 0.1) is 34.5 Å². The van der Waals surface area contributed by atoms with Gasteiger partial charge in [-0.2, -0.15) is 0 Å². The molecule has 2 aromatic rings. The molecule has 0 fully saturated rings. The summed E-state index contributed by atoms with van der Waals surface area (Å²) in [6.07, 6.45) is 2.05. The Bertz CT molecular complexity index is 865. The normalized spacial score (nSPS) is 13.3. The van der Waals surface area contributed by atoms with Gasteiger partial charge in [0.15, 0.2) is 0 Å². The van der Waals surface area contributed by atoms with Gasteiger partial charge in [-0.15, -0.1) is 0 Å². The summed E-state index contributed by atoms with van der Waals surface area (Å²) in [5, 5.41) is 4.00. The molecule has 26 heavy (non-hydrogen) atoms. The predicted molar refractivity (Wildman–Crippen MR) is 104 cm³/mol. The van der Waals surface area contributed by atoms with Crippen molar-refractivity contribution in [2.45, 2.75) is 24.8 Å². The first kappa shape index (κ1) is 20.5. The third kappa shape index (κ3) is 5.33. The molecule has 1 unspecified atom stereocenters. The molecule has 1 aromatic carbocycles. The zero-order valence-electron chi connectivity index (χ0n) is 15.4. The predicted octanol–water partition coefficient (Wildman–Crippen LogP) is 3.43. The number of methoxy groups -OCH3 is 2. The van der Waals surface area contributed by atoms with Crippen LogP contribution in [0.4, 0.5) is 0 Å². The largest absolute Gasteiger partial charge is 0.496 e. The average molecular weight is 398 g/mol. The van der Waals surface area contributed by atoms with E-state index in [4.69, 9.17) is 25.9 Å². The summed E-state index contributed by atoms with van der Waals surface area (Å²) >= 11 is 6.05. The van der Waals surface area contributed by atoms with E-state index >= 15 is 0 Å². The van der Waals surface area contributed by atoms with Crippen molar-refractivity contribution in [3.8, 4) is 11.5 Å². The monoisotopic (exact) mass is 397 g/mol. The summed E-state index contributed by atoms with van der Waals surface area (Å²) in [6, 6.07) is 7.08. The molecule has 1 aromatic heterocycles. The average Bonchev–Trinajstić information content (AvgIpc) is 2.56. The van der Waals surface area contributed by atoms with E-state index in [-0.39, 0.29) is 0 Å². The van der Waals surface area contributed by atoms with Crippen molar-refractivity contribution in [1.82, 2.24) is 10.3 Å². The lowest BCUT2D eigenvalue weighted by molar-refractivity contribution is 0.389. The zero-order chi connectivity index (χ0) is 19.3. The number of ether oxygens (including phenoxy) is 2. The number of hydrogen-bond donors (Lipinski definition) is 2. The van der Waals surface area contributed by atoms with Crippen LogP contribution in [0.3, 0.4) is 0 Å². The molecule has 0 spiro atoms. The number of nitrogens with one attached hydrogen (secondary N) is 2. The first-order valence-electron chi connectivity index (χ1n) is 8.07. The van der Waals surface area contributed by atoms with Crippen LogP contribution in [0.5, 0.6) is 11.5 Å². The zero-order valence-corrected chi connectivity index (χ0v) is 17.0. The highest BCUT2D eigenvalue weighted by Gasteiger charge is 2.16. The number of aryl methyl sites for hydroxylation is 1. The minimum Gasteiger partial charge on any atom is -0.496 e. The van der Waals surface area contributed by atoms with Gasteiger partial charge in [-0.25, -0.2) is 8.99 Å². The van der Waals surface area contributed by atoms with Crippen LogP contribution in [0.15, 0.2) is 29.2 Å². The molecule has 8 heteroatoms. The second-order valence-corrected chi connectivity index (χ2v) is 8.57. The molecule has 0 aliphatic carbocycles. The quantitative estimate of drug-likeness (QED) is 0.666.